The van der Waals surface area contributed by atoms with Crippen LogP contribution in [-0.2, 0) is 6.16 Å². The first-order valence-corrected chi connectivity index (χ1v) is 15.7. The van der Waals surface area contributed by atoms with Crippen molar-refractivity contribution >= 4 is 23.2 Å². The van der Waals surface area contributed by atoms with Gasteiger partial charge in [0.1, 0.15) is 40.8 Å². The van der Waals surface area contributed by atoms with E-state index in [4.69, 9.17) is 4.74 Å². The van der Waals surface area contributed by atoms with E-state index >= 15 is 0 Å². The summed E-state index contributed by atoms with van der Waals surface area (Å²) in [6.45, 7) is 2.96. The van der Waals surface area contributed by atoms with Gasteiger partial charge in [-0.15, -0.1) is 0 Å². The fourth-order valence-electron chi connectivity index (χ4n) is 5.10. The zero-order valence-corrected chi connectivity index (χ0v) is 24.9. The van der Waals surface area contributed by atoms with Gasteiger partial charge in [0.15, 0.2) is 0 Å². The van der Waals surface area contributed by atoms with Crippen molar-refractivity contribution in [1.29, 1.82) is 0 Å². The molecule has 0 bridgehead atoms. The highest BCUT2D eigenvalue weighted by Crippen LogP contribution is 2.59. The number of phenolic OH excluding ortho intramolecular Hbond substituents is 1. The fourth-order valence-corrected chi connectivity index (χ4v) is 9.34. The Kier molecular flexibility index (Phi) is 12.4. The van der Waals surface area contributed by atoms with Gasteiger partial charge in [0.05, 0.1) is 6.61 Å². The number of aromatic hydroxyl groups is 1. The second kappa shape index (κ2) is 15.7. The molecule has 4 aromatic rings. The first-order chi connectivity index (χ1) is 18.2. The van der Waals surface area contributed by atoms with Crippen LogP contribution in [0.25, 0.3) is 0 Å². The lowest BCUT2D eigenvalue weighted by molar-refractivity contribution is -0.00000891. The molecule has 0 amide bonds. The van der Waals surface area contributed by atoms with Gasteiger partial charge in [-0.25, -0.2) is 0 Å². The van der Waals surface area contributed by atoms with Gasteiger partial charge in [-0.1, -0.05) is 100 Å². The number of hydrogen-bond donors (Lipinski definition) is 1. The van der Waals surface area contributed by atoms with Crippen LogP contribution in [0.4, 0.5) is 0 Å². The molecule has 38 heavy (non-hydrogen) atoms. The third kappa shape index (κ3) is 7.71. The van der Waals surface area contributed by atoms with E-state index < -0.39 is 7.26 Å². The van der Waals surface area contributed by atoms with Crippen LogP contribution in [0.2, 0.25) is 0 Å². The van der Waals surface area contributed by atoms with Gasteiger partial charge in [0, 0.05) is 5.56 Å². The molecule has 0 fully saturated rings. The Labute approximate surface area is 240 Å². The van der Waals surface area contributed by atoms with Crippen LogP contribution in [0, 0.1) is 0 Å². The average Bonchev–Trinajstić information content (AvgIpc) is 2.95. The number of benzene rings is 4. The van der Waals surface area contributed by atoms with E-state index in [0.29, 0.717) is 6.61 Å². The maximum atomic E-state index is 10.5. The minimum Gasteiger partial charge on any atom is -1.00 e. The molecule has 4 heteroatoms. The van der Waals surface area contributed by atoms with Crippen molar-refractivity contribution in [2.75, 3.05) is 6.61 Å². The summed E-state index contributed by atoms with van der Waals surface area (Å²) in [5.74, 6) is 1.17. The van der Waals surface area contributed by atoms with Gasteiger partial charge in [0.2, 0.25) is 0 Å². The van der Waals surface area contributed by atoms with Crippen LogP contribution < -0.4 is 37.6 Å². The lowest BCUT2D eigenvalue weighted by Gasteiger charge is -2.28. The SMILES string of the molecule is CCCCCCCCCOc1ccc(O)cc1C[P+](c1ccccc1)(c1ccccc1)c1ccccc1.[Br-]. The molecule has 0 atom stereocenters. The smallest absolute Gasteiger partial charge is 0.126 e. The Balaban J connectivity index is 0.00000400. The molecular formula is C34H40BrO2P. The summed E-state index contributed by atoms with van der Waals surface area (Å²) >= 11 is 0. The molecule has 0 radical (unpaired) electrons. The maximum Gasteiger partial charge on any atom is 0.126 e. The third-order valence-electron chi connectivity index (χ3n) is 7.05. The summed E-state index contributed by atoms with van der Waals surface area (Å²) in [5, 5.41) is 14.5. The van der Waals surface area contributed by atoms with Crippen LogP contribution in [0.5, 0.6) is 11.5 Å². The maximum absolute atomic E-state index is 10.5. The summed E-state index contributed by atoms with van der Waals surface area (Å²) < 4.78 is 6.38. The molecule has 0 aliphatic carbocycles. The van der Waals surface area contributed by atoms with Crippen LogP contribution in [0.3, 0.4) is 0 Å². The number of phenols is 1. The molecule has 0 saturated carbocycles. The Morgan fingerprint density at radius 3 is 1.58 bits per heavy atom. The molecule has 200 valence electrons. The fraction of sp³-hybridized carbons (Fsp3) is 0.294. The van der Waals surface area contributed by atoms with E-state index in [1.54, 1.807) is 6.07 Å². The molecule has 0 unspecified atom stereocenters. The standard InChI is InChI=1S/C34H39O2P.BrH/c1-2-3-4-5-6-7-17-26-36-34-25-24-30(35)27-29(34)28-37(31-18-11-8-12-19-31,32-20-13-9-14-21-32)33-22-15-10-16-23-33;/h8-16,18-25,27H,2-7,17,26,28H2,1H3;1H. The normalized spacial score (nSPS) is 11.1. The molecule has 0 aliphatic rings. The zero-order chi connectivity index (χ0) is 25.8. The summed E-state index contributed by atoms with van der Waals surface area (Å²) in [7, 11) is -2.07. The predicted molar refractivity (Wildman–Crippen MR) is 160 cm³/mol. The third-order valence-corrected chi connectivity index (χ3v) is 11.4. The molecule has 0 saturated heterocycles. The van der Waals surface area contributed by atoms with E-state index in [1.165, 1.54) is 54.4 Å². The number of rotatable bonds is 14. The Morgan fingerprint density at radius 1 is 0.605 bits per heavy atom. The first kappa shape index (κ1) is 29.9. The Bertz CT molecular complexity index is 1100. The van der Waals surface area contributed by atoms with E-state index in [2.05, 4.69) is 97.9 Å². The topological polar surface area (TPSA) is 29.5 Å². The second-order valence-electron chi connectivity index (χ2n) is 9.74. The van der Waals surface area contributed by atoms with E-state index in [9.17, 15) is 5.11 Å². The average molecular weight is 592 g/mol. The number of ether oxygens (including phenoxy) is 1. The van der Waals surface area contributed by atoms with Crippen molar-refractivity contribution in [2.24, 2.45) is 0 Å². The minimum atomic E-state index is -2.07. The van der Waals surface area contributed by atoms with E-state index in [1.807, 2.05) is 12.1 Å². The lowest BCUT2D eigenvalue weighted by Crippen LogP contribution is -3.00. The molecule has 4 aromatic carbocycles. The Morgan fingerprint density at radius 2 is 1.08 bits per heavy atom. The molecule has 4 rings (SSSR count). The predicted octanol–water partition coefficient (Wildman–Crippen LogP) is 5.02. The van der Waals surface area contributed by atoms with Crippen LogP contribution in [-0.4, -0.2) is 11.7 Å². The Hall–Kier alpha value is -2.61. The van der Waals surface area contributed by atoms with Crippen LogP contribution >= 0.6 is 7.26 Å². The highest BCUT2D eigenvalue weighted by molar-refractivity contribution is 7.95. The monoisotopic (exact) mass is 590 g/mol. The molecule has 0 aromatic heterocycles. The van der Waals surface area contributed by atoms with Crippen molar-refractivity contribution in [3.05, 3.63) is 115 Å². The summed E-state index contributed by atoms with van der Waals surface area (Å²) in [6.07, 6.45) is 9.59. The zero-order valence-electron chi connectivity index (χ0n) is 22.4. The number of hydrogen-bond acceptors (Lipinski definition) is 2. The number of unbranched alkanes of at least 4 members (excludes halogenated alkanes) is 6. The highest BCUT2D eigenvalue weighted by atomic mass is 79.9. The van der Waals surface area contributed by atoms with Gasteiger partial charge in [0.25, 0.3) is 0 Å². The van der Waals surface area contributed by atoms with Crippen molar-refractivity contribution in [2.45, 2.75) is 58.0 Å². The summed E-state index contributed by atoms with van der Waals surface area (Å²) in [5.41, 5.74) is 1.06. The van der Waals surface area contributed by atoms with Crippen molar-refractivity contribution in [1.82, 2.24) is 0 Å². The van der Waals surface area contributed by atoms with Gasteiger partial charge in [-0.3, -0.25) is 0 Å². The van der Waals surface area contributed by atoms with Crippen molar-refractivity contribution in [3.63, 3.8) is 0 Å². The van der Waals surface area contributed by atoms with Gasteiger partial charge in [-0.2, -0.15) is 0 Å². The molecule has 0 aliphatic heterocycles. The molecular weight excluding hydrogens is 551 g/mol. The molecule has 0 heterocycles. The van der Waals surface area contributed by atoms with Gasteiger partial charge in [-0.05, 0) is 61.0 Å². The van der Waals surface area contributed by atoms with E-state index in [-0.39, 0.29) is 22.7 Å². The number of halogens is 1. The van der Waals surface area contributed by atoms with Crippen LogP contribution in [0.15, 0.2) is 109 Å². The summed E-state index contributed by atoms with van der Waals surface area (Å²) in [6, 6.07) is 38.2. The van der Waals surface area contributed by atoms with Gasteiger partial charge < -0.3 is 26.8 Å². The lowest BCUT2D eigenvalue weighted by atomic mass is 10.1. The summed E-state index contributed by atoms with van der Waals surface area (Å²) in [4.78, 5) is 0. The largest absolute Gasteiger partial charge is 1.00 e. The second-order valence-corrected chi connectivity index (χ2v) is 13.2. The van der Waals surface area contributed by atoms with Gasteiger partial charge >= 0.3 is 0 Å². The highest BCUT2D eigenvalue weighted by Gasteiger charge is 2.46. The molecule has 2 nitrogen and oxygen atoms in total. The first-order valence-electron chi connectivity index (χ1n) is 13.7. The minimum absolute atomic E-state index is 0. The van der Waals surface area contributed by atoms with E-state index in [0.717, 1.165) is 23.9 Å². The van der Waals surface area contributed by atoms with Crippen molar-refractivity contribution < 1.29 is 26.8 Å². The molecule has 1 N–H and O–H groups in total. The quantitative estimate of drug-likeness (QED) is 0.165. The molecule has 0 spiro atoms. The van der Waals surface area contributed by atoms with Crippen LogP contribution in [0.1, 0.15) is 57.4 Å². The van der Waals surface area contributed by atoms with Crippen molar-refractivity contribution in [3.8, 4) is 11.5 Å².